The number of carbonyl (C=O) groups is 2. The molecule has 0 spiro atoms. The molecule has 19 heavy (non-hydrogen) atoms. The van der Waals surface area contributed by atoms with Crippen LogP contribution in [-0.4, -0.2) is 60.5 Å². The minimum atomic E-state index is -0.220. The van der Waals surface area contributed by atoms with Crippen LogP contribution in [0.2, 0.25) is 0 Å². The first-order chi connectivity index (χ1) is 9.24. The molecule has 0 unspecified atom stereocenters. The van der Waals surface area contributed by atoms with Gasteiger partial charge in [-0.2, -0.15) is 0 Å². The Kier molecular flexibility index (Phi) is 5.19. The van der Waals surface area contributed by atoms with Gasteiger partial charge in [0, 0.05) is 26.1 Å². The van der Waals surface area contributed by atoms with E-state index in [1.54, 1.807) is 4.90 Å². The number of morpholine rings is 1. The molecule has 0 radical (unpaired) electrons. The van der Waals surface area contributed by atoms with E-state index in [4.69, 9.17) is 4.74 Å². The van der Waals surface area contributed by atoms with E-state index in [2.05, 4.69) is 6.92 Å². The van der Waals surface area contributed by atoms with Crippen molar-refractivity contribution in [2.75, 3.05) is 32.8 Å². The van der Waals surface area contributed by atoms with Crippen molar-refractivity contribution in [3.8, 4) is 0 Å². The molecule has 0 aromatic carbocycles. The number of likely N-dealkylation sites (tertiary alicyclic amines) is 1. The Labute approximate surface area is 114 Å². The second-order valence-electron chi connectivity index (χ2n) is 5.29. The SMILES string of the molecule is CCCCC(=O)N1CCC[C@@H]1C(=O)N1CCOCC1. The summed E-state index contributed by atoms with van der Waals surface area (Å²) in [5, 5.41) is 0. The van der Waals surface area contributed by atoms with E-state index < -0.39 is 0 Å². The summed E-state index contributed by atoms with van der Waals surface area (Å²) in [7, 11) is 0. The molecule has 108 valence electrons. The number of amides is 2. The van der Waals surface area contributed by atoms with Crippen molar-refractivity contribution in [2.45, 2.75) is 45.1 Å². The van der Waals surface area contributed by atoms with Crippen molar-refractivity contribution in [3.05, 3.63) is 0 Å². The monoisotopic (exact) mass is 268 g/mol. The number of hydrogen-bond donors (Lipinski definition) is 0. The molecule has 0 bridgehead atoms. The first-order valence-corrected chi connectivity index (χ1v) is 7.40. The molecule has 1 atom stereocenters. The van der Waals surface area contributed by atoms with Crippen LogP contribution in [0.3, 0.4) is 0 Å². The maximum absolute atomic E-state index is 12.5. The summed E-state index contributed by atoms with van der Waals surface area (Å²) in [6, 6.07) is -0.220. The summed E-state index contributed by atoms with van der Waals surface area (Å²) in [6.45, 7) is 5.36. The zero-order chi connectivity index (χ0) is 13.7. The lowest BCUT2D eigenvalue weighted by atomic mass is 10.1. The predicted octanol–water partition coefficient (Wildman–Crippen LogP) is 1.03. The molecular weight excluding hydrogens is 244 g/mol. The highest BCUT2D eigenvalue weighted by Gasteiger charge is 2.36. The Morgan fingerprint density at radius 2 is 1.95 bits per heavy atom. The summed E-state index contributed by atoms with van der Waals surface area (Å²) in [5.41, 5.74) is 0. The van der Waals surface area contributed by atoms with Crippen LogP contribution in [0.4, 0.5) is 0 Å². The maximum atomic E-state index is 12.5. The number of rotatable bonds is 4. The van der Waals surface area contributed by atoms with E-state index in [1.807, 2.05) is 4.90 Å². The molecule has 2 aliphatic rings. The summed E-state index contributed by atoms with van der Waals surface area (Å²) in [6.07, 6.45) is 4.26. The highest BCUT2D eigenvalue weighted by molar-refractivity contribution is 5.88. The molecule has 0 saturated carbocycles. The minimum absolute atomic E-state index is 0.116. The maximum Gasteiger partial charge on any atom is 0.245 e. The molecule has 5 heteroatoms. The van der Waals surface area contributed by atoms with Crippen LogP contribution in [-0.2, 0) is 14.3 Å². The summed E-state index contributed by atoms with van der Waals surface area (Å²) < 4.78 is 5.27. The van der Waals surface area contributed by atoms with E-state index >= 15 is 0 Å². The second-order valence-corrected chi connectivity index (χ2v) is 5.29. The Bertz CT molecular complexity index is 327. The summed E-state index contributed by atoms with van der Waals surface area (Å²) >= 11 is 0. The lowest BCUT2D eigenvalue weighted by Gasteiger charge is -2.32. The van der Waals surface area contributed by atoms with Crippen LogP contribution in [0, 0.1) is 0 Å². The summed E-state index contributed by atoms with van der Waals surface area (Å²) in [5.74, 6) is 0.261. The van der Waals surface area contributed by atoms with Gasteiger partial charge >= 0.3 is 0 Å². The fraction of sp³-hybridized carbons (Fsp3) is 0.857. The van der Waals surface area contributed by atoms with E-state index in [9.17, 15) is 9.59 Å². The molecule has 2 amide bonds. The van der Waals surface area contributed by atoms with E-state index in [1.165, 1.54) is 0 Å². The molecule has 5 nitrogen and oxygen atoms in total. The van der Waals surface area contributed by atoms with Gasteiger partial charge in [-0.15, -0.1) is 0 Å². The van der Waals surface area contributed by atoms with Crippen LogP contribution in [0.5, 0.6) is 0 Å². The van der Waals surface area contributed by atoms with Gasteiger partial charge in [0.15, 0.2) is 0 Å². The zero-order valence-corrected chi connectivity index (χ0v) is 11.8. The largest absolute Gasteiger partial charge is 0.378 e. The normalized spacial score (nSPS) is 23.7. The van der Waals surface area contributed by atoms with Crippen molar-refractivity contribution >= 4 is 11.8 Å². The standard InChI is InChI=1S/C14H24N2O3/c1-2-3-6-13(17)16-7-4-5-12(16)14(18)15-8-10-19-11-9-15/h12H,2-11H2,1H3/t12-/m1/s1. The van der Waals surface area contributed by atoms with Gasteiger partial charge in [0.25, 0.3) is 0 Å². The van der Waals surface area contributed by atoms with Crippen LogP contribution in [0.1, 0.15) is 39.0 Å². The van der Waals surface area contributed by atoms with E-state index in [0.717, 1.165) is 32.2 Å². The molecule has 0 aliphatic carbocycles. The number of carbonyl (C=O) groups excluding carboxylic acids is 2. The van der Waals surface area contributed by atoms with Gasteiger partial charge in [-0.25, -0.2) is 0 Å². The molecule has 2 aliphatic heterocycles. The molecule has 2 heterocycles. The fourth-order valence-corrected chi connectivity index (χ4v) is 2.79. The Morgan fingerprint density at radius 1 is 1.21 bits per heavy atom. The highest BCUT2D eigenvalue weighted by atomic mass is 16.5. The lowest BCUT2D eigenvalue weighted by molar-refractivity contribution is -0.146. The zero-order valence-electron chi connectivity index (χ0n) is 11.8. The lowest BCUT2D eigenvalue weighted by Crippen LogP contribution is -2.51. The van der Waals surface area contributed by atoms with E-state index in [-0.39, 0.29) is 17.9 Å². The van der Waals surface area contributed by atoms with E-state index in [0.29, 0.717) is 32.7 Å². The number of hydrogen-bond acceptors (Lipinski definition) is 3. The van der Waals surface area contributed by atoms with Crippen LogP contribution in [0.25, 0.3) is 0 Å². The fourth-order valence-electron chi connectivity index (χ4n) is 2.79. The minimum Gasteiger partial charge on any atom is -0.378 e. The second kappa shape index (κ2) is 6.89. The average molecular weight is 268 g/mol. The van der Waals surface area contributed by atoms with Gasteiger partial charge in [0.2, 0.25) is 11.8 Å². The smallest absolute Gasteiger partial charge is 0.245 e. The van der Waals surface area contributed by atoms with Crippen molar-refractivity contribution in [2.24, 2.45) is 0 Å². The van der Waals surface area contributed by atoms with Crippen molar-refractivity contribution in [1.82, 2.24) is 9.80 Å². The molecule has 2 saturated heterocycles. The van der Waals surface area contributed by atoms with Gasteiger partial charge in [0.1, 0.15) is 6.04 Å². The molecule has 2 rings (SSSR count). The predicted molar refractivity (Wildman–Crippen MR) is 71.7 cm³/mol. The Morgan fingerprint density at radius 3 is 2.63 bits per heavy atom. The first kappa shape index (κ1) is 14.3. The Balaban J connectivity index is 1.93. The number of ether oxygens (including phenoxy) is 1. The quantitative estimate of drug-likeness (QED) is 0.765. The number of nitrogens with zero attached hydrogens (tertiary/aromatic N) is 2. The van der Waals surface area contributed by atoms with Crippen molar-refractivity contribution in [1.29, 1.82) is 0 Å². The van der Waals surface area contributed by atoms with Crippen molar-refractivity contribution < 1.29 is 14.3 Å². The Hall–Kier alpha value is -1.10. The third-order valence-electron chi connectivity index (χ3n) is 3.93. The summed E-state index contributed by atoms with van der Waals surface area (Å²) in [4.78, 5) is 28.2. The topological polar surface area (TPSA) is 49.9 Å². The van der Waals surface area contributed by atoms with Crippen LogP contribution < -0.4 is 0 Å². The molecule has 2 fully saturated rings. The van der Waals surface area contributed by atoms with Gasteiger partial charge in [-0.05, 0) is 19.3 Å². The molecule has 0 aromatic rings. The van der Waals surface area contributed by atoms with Crippen LogP contribution >= 0.6 is 0 Å². The third kappa shape index (κ3) is 3.47. The molecular formula is C14H24N2O3. The average Bonchev–Trinajstić information content (AvgIpc) is 2.94. The number of unbranched alkanes of at least 4 members (excludes halogenated alkanes) is 1. The molecule has 0 N–H and O–H groups in total. The first-order valence-electron chi connectivity index (χ1n) is 7.40. The highest BCUT2D eigenvalue weighted by Crippen LogP contribution is 2.21. The van der Waals surface area contributed by atoms with Gasteiger partial charge in [-0.3, -0.25) is 9.59 Å². The third-order valence-corrected chi connectivity index (χ3v) is 3.93. The van der Waals surface area contributed by atoms with Gasteiger partial charge in [0.05, 0.1) is 13.2 Å². The molecule has 0 aromatic heterocycles. The van der Waals surface area contributed by atoms with Crippen molar-refractivity contribution in [3.63, 3.8) is 0 Å². The van der Waals surface area contributed by atoms with Crippen LogP contribution in [0.15, 0.2) is 0 Å². The van der Waals surface area contributed by atoms with Gasteiger partial charge in [-0.1, -0.05) is 13.3 Å². The van der Waals surface area contributed by atoms with Gasteiger partial charge < -0.3 is 14.5 Å².